The van der Waals surface area contributed by atoms with Gasteiger partial charge in [0.2, 0.25) is 0 Å². The molecule has 0 aliphatic carbocycles. The third-order valence-corrected chi connectivity index (χ3v) is 2.22. The van der Waals surface area contributed by atoms with E-state index in [9.17, 15) is 0 Å². The van der Waals surface area contributed by atoms with Crippen LogP contribution in [0.2, 0.25) is 0 Å². The molecule has 0 saturated carbocycles. The van der Waals surface area contributed by atoms with Gasteiger partial charge >= 0.3 is 0 Å². The van der Waals surface area contributed by atoms with Crippen molar-refractivity contribution in [3.63, 3.8) is 0 Å². The Morgan fingerprint density at radius 2 is 2.00 bits per heavy atom. The van der Waals surface area contributed by atoms with E-state index in [1.165, 1.54) is 12.0 Å². The summed E-state index contributed by atoms with van der Waals surface area (Å²) >= 11 is 1.35. The van der Waals surface area contributed by atoms with Crippen LogP contribution in [0.1, 0.15) is 18.9 Å². The number of hydrogen-bond donors (Lipinski definition) is 0. The molecule has 0 bridgehead atoms. The Kier molecular flexibility index (Phi) is 5.65. The van der Waals surface area contributed by atoms with Crippen LogP contribution in [0.25, 0.3) is 0 Å². The first-order valence-corrected chi connectivity index (χ1v) is 5.29. The van der Waals surface area contributed by atoms with Crippen molar-refractivity contribution in [3.05, 3.63) is 35.9 Å². The molecule has 0 aromatic heterocycles. The largest absolute Gasteiger partial charge is 0.220 e. The lowest BCUT2D eigenvalue weighted by atomic mass is 10.2. The topological polar surface area (TPSA) is 18.5 Å². The highest BCUT2D eigenvalue weighted by Gasteiger charge is 1.92. The van der Waals surface area contributed by atoms with Gasteiger partial charge in [-0.25, -0.2) is 4.89 Å². The van der Waals surface area contributed by atoms with E-state index in [0.29, 0.717) is 6.61 Å². The Morgan fingerprint density at radius 1 is 1.23 bits per heavy atom. The molecule has 0 heterocycles. The molecule has 2 nitrogen and oxygen atoms in total. The molecule has 1 rings (SSSR count). The fourth-order valence-corrected chi connectivity index (χ4v) is 1.17. The molecule has 0 N–H and O–H groups in total. The van der Waals surface area contributed by atoms with Crippen molar-refractivity contribution in [1.82, 2.24) is 0 Å². The van der Waals surface area contributed by atoms with Crippen molar-refractivity contribution in [2.75, 3.05) is 5.75 Å². The van der Waals surface area contributed by atoms with Crippen molar-refractivity contribution in [2.45, 2.75) is 20.0 Å². The van der Waals surface area contributed by atoms with Crippen molar-refractivity contribution in [3.8, 4) is 0 Å². The second-order valence-electron chi connectivity index (χ2n) is 2.64. The summed E-state index contributed by atoms with van der Waals surface area (Å²) in [6, 6.07) is 9.97. The highest BCUT2D eigenvalue weighted by Crippen LogP contribution is 2.07. The predicted molar refractivity (Wildman–Crippen MR) is 55.1 cm³/mol. The lowest BCUT2D eigenvalue weighted by molar-refractivity contribution is -0.201. The average Bonchev–Trinajstić information content (AvgIpc) is 2.19. The normalized spacial score (nSPS) is 10.2. The molecule has 13 heavy (non-hydrogen) atoms. The Bertz CT molecular complexity index is 213. The minimum absolute atomic E-state index is 0.511. The van der Waals surface area contributed by atoms with Gasteiger partial charge in [-0.15, -0.1) is 0 Å². The summed E-state index contributed by atoms with van der Waals surface area (Å²) in [4.78, 5) is 4.98. The first kappa shape index (κ1) is 10.6. The molecule has 0 radical (unpaired) electrons. The maximum absolute atomic E-state index is 4.98. The van der Waals surface area contributed by atoms with Gasteiger partial charge in [-0.2, -0.15) is 4.33 Å². The first-order chi connectivity index (χ1) is 6.43. The quantitative estimate of drug-likeness (QED) is 0.303. The summed E-state index contributed by atoms with van der Waals surface area (Å²) in [5, 5.41) is 0. The minimum Gasteiger partial charge on any atom is -0.220 e. The van der Waals surface area contributed by atoms with E-state index in [0.717, 1.165) is 17.7 Å². The zero-order valence-corrected chi connectivity index (χ0v) is 8.55. The van der Waals surface area contributed by atoms with Crippen LogP contribution in [0.4, 0.5) is 0 Å². The Morgan fingerprint density at radius 3 is 2.69 bits per heavy atom. The van der Waals surface area contributed by atoms with E-state index in [2.05, 4.69) is 6.92 Å². The van der Waals surface area contributed by atoms with Gasteiger partial charge in [0.05, 0.1) is 0 Å². The molecule has 1 aromatic rings. The van der Waals surface area contributed by atoms with E-state index in [1.54, 1.807) is 0 Å². The summed E-state index contributed by atoms with van der Waals surface area (Å²) in [5.74, 6) is 0.967. The van der Waals surface area contributed by atoms with Crippen molar-refractivity contribution < 1.29 is 9.22 Å². The Labute approximate surface area is 83.4 Å². The molecular weight excluding hydrogens is 184 g/mol. The molecular formula is C10H14O2S. The van der Waals surface area contributed by atoms with Crippen molar-refractivity contribution in [2.24, 2.45) is 0 Å². The third kappa shape index (κ3) is 4.93. The van der Waals surface area contributed by atoms with Crippen LogP contribution < -0.4 is 0 Å². The number of benzene rings is 1. The van der Waals surface area contributed by atoms with Crippen LogP contribution in [-0.2, 0) is 15.8 Å². The maximum Gasteiger partial charge on any atom is 0.109 e. The first-order valence-electron chi connectivity index (χ1n) is 4.38. The van der Waals surface area contributed by atoms with Gasteiger partial charge in [0.1, 0.15) is 6.61 Å². The van der Waals surface area contributed by atoms with Crippen LogP contribution in [0.15, 0.2) is 30.3 Å². The summed E-state index contributed by atoms with van der Waals surface area (Å²) in [7, 11) is 0. The molecule has 72 valence electrons. The highest BCUT2D eigenvalue weighted by molar-refractivity contribution is 7.94. The molecule has 0 fully saturated rings. The molecule has 0 saturated heterocycles. The van der Waals surface area contributed by atoms with E-state index in [1.807, 2.05) is 30.3 Å². The molecule has 3 heteroatoms. The van der Waals surface area contributed by atoms with Crippen molar-refractivity contribution in [1.29, 1.82) is 0 Å². The lowest BCUT2D eigenvalue weighted by Gasteiger charge is -2.01. The number of hydrogen-bond acceptors (Lipinski definition) is 3. The third-order valence-electron chi connectivity index (χ3n) is 1.45. The van der Waals surface area contributed by atoms with Gasteiger partial charge in [-0.05, 0) is 12.0 Å². The smallest absolute Gasteiger partial charge is 0.109 e. The van der Waals surface area contributed by atoms with Gasteiger partial charge in [0.15, 0.2) is 0 Å². The van der Waals surface area contributed by atoms with Crippen LogP contribution in [0, 0.1) is 0 Å². The minimum atomic E-state index is 0.511. The molecule has 0 spiro atoms. The van der Waals surface area contributed by atoms with E-state index in [-0.39, 0.29) is 0 Å². The van der Waals surface area contributed by atoms with Gasteiger partial charge < -0.3 is 0 Å². The van der Waals surface area contributed by atoms with Gasteiger partial charge in [0.25, 0.3) is 0 Å². The Balaban J connectivity index is 2.07. The van der Waals surface area contributed by atoms with Crippen molar-refractivity contribution >= 4 is 12.0 Å². The van der Waals surface area contributed by atoms with Crippen LogP contribution in [-0.4, -0.2) is 5.75 Å². The average molecular weight is 198 g/mol. The van der Waals surface area contributed by atoms with Crippen LogP contribution >= 0.6 is 12.0 Å². The molecule has 1 aromatic carbocycles. The molecule has 0 atom stereocenters. The second-order valence-corrected chi connectivity index (χ2v) is 3.42. The fraction of sp³-hybridized carbons (Fsp3) is 0.400. The summed E-state index contributed by atoms with van der Waals surface area (Å²) in [5.41, 5.74) is 1.12. The monoisotopic (exact) mass is 198 g/mol. The molecule has 0 aliphatic heterocycles. The SMILES string of the molecule is CCCSOOCc1ccccc1. The fourth-order valence-electron chi connectivity index (χ4n) is 0.818. The molecule has 0 unspecified atom stereocenters. The predicted octanol–water partition coefficient (Wildman–Crippen LogP) is 3.19. The summed E-state index contributed by atoms with van der Waals surface area (Å²) < 4.78 is 4.89. The lowest BCUT2D eigenvalue weighted by Crippen LogP contribution is -1.90. The Hall–Kier alpha value is -0.510. The molecule has 0 amide bonds. The molecule has 0 aliphatic rings. The number of rotatable bonds is 6. The van der Waals surface area contributed by atoms with E-state index >= 15 is 0 Å². The summed E-state index contributed by atoms with van der Waals surface area (Å²) in [6.07, 6.45) is 1.10. The standard InChI is InChI=1S/C10H14O2S/c1-2-8-13-12-11-9-10-6-4-3-5-7-10/h3-7H,2,8-9H2,1H3. The maximum atomic E-state index is 4.98. The van der Waals surface area contributed by atoms with Gasteiger partial charge in [-0.1, -0.05) is 37.3 Å². The van der Waals surface area contributed by atoms with Crippen LogP contribution in [0.3, 0.4) is 0 Å². The van der Waals surface area contributed by atoms with E-state index in [4.69, 9.17) is 9.22 Å². The highest BCUT2D eigenvalue weighted by atomic mass is 32.2. The van der Waals surface area contributed by atoms with Gasteiger partial charge in [0, 0.05) is 17.8 Å². The zero-order valence-electron chi connectivity index (χ0n) is 7.73. The van der Waals surface area contributed by atoms with Crippen LogP contribution in [0.5, 0.6) is 0 Å². The van der Waals surface area contributed by atoms with Gasteiger partial charge in [-0.3, -0.25) is 0 Å². The van der Waals surface area contributed by atoms with E-state index < -0.39 is 0 Å². The zero-order chi connectivity index (χ0) is 9.36. The second kappa shape index (κ2) is 6.95. The summed E-state index contributed by atoms with van der Waals surface area (Å²) in [6.45, 7) is 2.62.